The van der Waals surface area contributed by atoms with Gasteiger partial charge in [-0.2, -0.15) is 4.98 Å². The summed E-state index contributed by atoms with van der Waals surface area (Å²) in [6, 6.07) is 5.13. The number of benzene rings is 1. The van der Waals surface area contributed by atoms with Crippen LogP contribution in [0.15, 0.2) is 27.2 Å². The molecule has 0 saturated heterocycles. The average Bonchev–Trinajstić information content (AvgIpc) is 2.86. The largest absolute Gasteiger partial charge is 0.339 e. The fraction of sp³-hybridized carbons (Fsp3) is 0.429. The fourth-order valence-corrected chi connectivity index (χ4v) is 2.12. The highest BCUT2D eigenvalue weighted by molar-refractivity contribution is 9.10. The summed E-state index contributed by atoms with van der Waals surface area (Å²) < 4.78 is 18.8. The van der Waals surface area contributed by atoms with E-state index in [4.69, 9.17) is 4.52 Å². The Hall–Kier alpha value is -1.27. The van der Waals surface area contributed by atoms with Crippen LogP contribution in [-0.4, -0.2) is 22.7 Å². The summed E-state index contributed by atoms with van der Waals surface area (Å²) in [5, 5.41) is 7.25. The molecule has 2 aromatic rings. The third-order valence-electron chi connectivity index (χ3n) is 2.77. The zero-order valence-corrected chi connectivity index (χ0v) is 13.1. The third-order valence-corrected chi connectivity index (χ3v) is 3.37. The van der Waals surface area contributed by atoms with Gasteiger partial charge < -0.3 is 9.84 Å². The maximum Gasteiger partial charge on any atom is 0.227 e. The predicted octanol–water partition coefficient (Wildman–Crippen LogP) is 3.57. The van der Waals surface area contributed by atoms with Crippen LogP contribution in [0, 0.1) is 5.82 Å². The lowest BCUT2D eigenvalue weighted by atomic mass is 10.2. The normalized spacial score (nSPS) is 11.2. The van der Waals surface area contributed by atoms with E-state index in [1.54, 1.807) is 12.1 Å². The van der Waals surface area contributed by atoms with Crippen molar-refractivity contribution < 1.29 is 8.91 Å². The molecule has 0 fully saturated rings. The first kappa shape index (κ1) is 15.1. The van der Waals surface area contributed by atoms with E-state index in [9.17, 15) is 4.39 Å². The Balaban J connectivity index is 1.96. The van der Waals surface area contributed by atoms with Crippen LogP contribution in [0.4, 0.5) is 4.39 Å². The van der Waals surface area contributed by atoms with Crippen molar-refractivity contribution in [3.63, 3.8) is 0 Å². The monoisotopic (exact) mass is 341 g/mol. The number of halogens is 2. The SMILES string of the molecule is CC(C)NCCCc1nc(-c2ccc(F)c(Br)c2)no1. The summed E-state index contributed by atoms with van der Waals surface area (Å²) in [6.07, 6.45) is 1.67. The van der Waals surface area contributed by atoms with Crippen molar-refractivity contribution in [3.05, 3.63) is 34.4 Å². The minimum absolute atomic E-state index is 0.308. The van der Waals surface area contributed by atoms with Crippen LogP contribution in [0.3, 0.4) is 0 Å². The van der Waals surface area contributed by atoms with E-state index in [0.29, 0.717) is 22.2 Å². The second-order valence-electron chi connectivity index (χ2n) is 4.85. The van der Waals surface area contributed by atoms with Gasteiger partial charge in [-0.1, -0.05) is 19.0 Å². The van der Waals surface area contributed by atoms with Gasteiger partial charge in [0.15, 0.2) is 0 Å². The second-order valence-corrected chi connectivity index (χ2v) is 5.71. The molecule has 0 amide bonds. The van der Waals surface area contributed by atoms with Gasteiger partial charge in [0.1, 0.15) is 5.82 Å². The number of hydrogen-bond acceptors (Lipinski definition) is 4. The zero-order chi connectivity index (χ0) is 14.5. The van der Waals surface area contributed by atoms with E-state index in [2.05, 4.69) is 45.2 Å². The number of nitrogens with zero attached hydrogens (tertiary/aromatic N) is 2. The molecule has 0 aliphatic rings. The van der Waals surface area contributed by atoms with Crippen LogP contribution in [0.5, 0.6) is 0 Å². The average molecular weight is 342 g/mol. The van der Waals surface area contributed by atoms with Crippen molar-refractivity contribution in [2.24, 2.45) is 0 Å². The first-order chi connectivity index (χ1) is 9.56. The number of aromatic nitrogens is 2. The summed E-state index contributed by atoms with van der Waals surface area (Å²) in [7, 11) is 0. The zero-order valence-electron chi connectivity index (χ0n) is 11.5. The van der Waals surface area contributed by atoms with Gasteiger partial charge in [0, 0.05) is 18.0 Å². The Bertz CT molecular complexity index is 571. The first-order valence-electron chi connectivity index (χ1n) is 6.57. The van der Waals surface area contributed by atoms with Crippen LogP contribution < -0.4 is 5.32 Å². The van der Waals surface area contributed by atoms with Crippen molar-refractivity contribution in [2.45, 2.75) is 32.7 Å². The lowest BCUT2D eigenvalue weighted by Crippen LogP contribution is -2.23. The summed E-state index contributed by atoms with van der Waals surface area (Å²) in [4.78, 5) is 4.32. The van der Waals surface area contributed by atoms with Gasteiger partial charge in [-0.05, 0) is 47.1 Å². The van der Waals surface area contributed by atoms with Crippen molar-refractivity contribution in [2.75, 3.05) is 6.54 Å². The Kier molecular flexibility index (Phi) is 5.25. The van der Waals surface area contributed by atoms with Gasteiger partial charge in [0.2, 0.25) is 11.7 Å². The molecule has 2 rings (SSSR count). The van der Waals surface area contributed by atoms with E-state index in [1.807, 2.05) is 0 Å². The first-order valence-corrected chi connectivity index (χ1v) is 7.37. The van der Waals surface area contributed by atoms with Crippen molar-refractivity contribution in [1.29, 1.82) is 0 Å². The molecule has 0 radical (unpaired) electrons. The van der Waals surface area contributed by atoms with Gasteiger partial charge in [0.25, 0.3) is 0 Å². The van der Waals surface area contributed by atoms with Gasteiger partial charge in [-0.15, -0.1) is 0 Å². The molecule has 0 saturated carbocycles. The van der Waals surface area contributed by atoms with Crippen LogP contribution in [0.1, 0.15) is 26.2 Å². The maximum atomic E-state index is 13.2. The topological polar surface area (TPSA) is 51.0 Å². The minimum Gasteiger partial charge on any atom is -0.339 e. The predicted molar refractivity (Wildman–Crippen MR) is 78.9 cm³/mol. The Labute approximate surface area is 125 Å². The van der Waals surface area contributed by atoms with Crippen molar-refractivity contribution in [3.8, 4) is 11.4 Å². The molecule has 0 bridgehead atoms. The van der Waals surface area contributed by atoms with Crippen LogP contribution in [0.25, 0.3) is 11.4 Å². The molecule has 0 spiro atoms. The molecule has 6 heteroatoms. The van der Waals surface area contributed by atoms with Crippen molar-refractivity contribution >= 4 is 15.9 Å². The van der Waals surface area contributed by atoms with E-state index in [1.165, 1.54) is 6.07 Å². The number of aryl methyl sites for hydroxylation is 1. The molecule has 4 nitrogen and oxygen atoms in total. The highest BCUT2D eigenvalue weighted by atomic mass is 79.9. The fourth-order valence-electron chi connectivity index (χ4n) is 1.74. The molecule has 20 heavy (non-hydrogen) atoms. The molecular weight excluding hydrogens is 325 g/mol. The summed E-state index contributed by atoms with van der Waals surface area (Å²) >= 11 is 3.15. The number of hydrogen-bond donors (Lipinski definition) is 1. The summed E-state index contributed by atoms with van der Waals surface area (Å²) in [5.41, 5.74) is 0.730. The Morgan fingerprint density at radius 2 is 2.20 bits per heavy atom. The van der Waals surface area contributed by atoms with Gasteiger partial charge in [-0.25, -0.2) is 4.39 Å². The van der Waals surface area contributed by atoms with Crippen LogP contribution in [0.2, 0.25) is 0 Å². The third kappa shape index (κ3) is 4.11. The molecule has 1 heterocycles. The van der Waals surface area contributed by atoms with Gasteiger partial charge in [-0.3, -0.25) is 0 Å². The van der Waals surface area contributed by atoms with E-state index in [-0.39, 0.29) is 5.82 Å². The second kappa shape index (κ2) is 6.95. The van der Waals surface area contributed by atoms with Crippen molar-refractivity contribution in [1.82, 2.24) is 15.5 Å². The highest BCUT2D eigenvalue weighted by Crippen LogP contribution is 2.23. The highest BCUT2D eigenvalue weighted by Gasteiger charge is 2.10. The molecule has 0 unspecified atom stereocenters. The summed E-state index contributed by atoms with van der Waals surface area (Å²) in [6.45, 7) is 5.13. The van der Waals surface area contributed by atoms with Crippen LogP contribution in [-0.2, 0) is 6.42 Å². The molecule has 1 aromatic heterocycles. The lowest BCUT2D eigenvalue weighted by molar-refractivity contribution is 0.374. The van der Waals surface area contributed by atoms with E-state index >= 15 is 0 Å². The molecule has 0 aliphatic heterocycles. The molecule has 108 valence electrons. The quantitative estimate of drug-likeness (QED) is 0.816. The van der Waals surface area contributed by atoms with Gasteiger partial charge >= 0.3 is 0 Å². The Morgan fingerprint density at radius 3 is 2.90 bits per heavy atom. The molecule has 1 aromatic carbocycles. The number of rotatable bonds is 6. The minimum atomic E-state index is -0.308. The lowest BCUT2D eigenvalue weighted by Gasteiger charge is -2.05. The smallest absolute Gasteiger partial charge is 0.227 e. The van der Waals surface area contributed by atoms with Crippen LogP contribution >= 0.6 is 15.9 Å². The molecular formula is C14H17BrFN3O. The Morgan fingerprint density at radius 1 is 1.40 bits per heavy atom. The molecule has 1 N–H and O–H groups in total. The van der Waals surface area contributed by atoms with Gasteiger partial charge in [0.05, 0.1) is 4.47 Å². The summed E-state index contributed by atoms with van der Waals surface area (Å²) in [5.74, 6) is 0.778. The molecule has 0 aliphatic carbocycles. The standard InChI is InChI=1S/C14H17BrFN3O/c1-9(2)17-7-3-4-13-18-14(19-20-13)10-5-6-12(16)11(15)8-10/h5-6,8-9,17H,3-4,7H2,1-2H3. The van der Waals surface area contributed by atoms with E-state index in [0.717, 1.165) is 24.9 Å². The number of nitrogens with one attached hydrogen (secondary N) is 1. The van der Waals surface area contributed by atoms with E-state index < -0.39 is 0 Å². The molecule has 0 atom stereocenters. The maximum absolute atomic E-state index is 13.2.